The van der Waals surface area contributed by atoms with E-state index in [1.807, 2.05) is 30.3 Å². The van der Waals surface area contributed by atoms with Crippen LogP contribution in [0.2, 0.25) is 0 Å². The lowest BCUT2D eigenvalue weighted by atomic mass is 9.99. The van der Waals surface area contributed by atoms with Crippen LogP contribution in [-0.2, 0) is 29.9 Å². The third kappa shape index (κ3) is 3.68. The molecule has 34 heavy (non-hydrogen) atoms. The maximum Gasteiger partial charge on any atom is 0.206 e. The van der Waals surface area contributed by atoms with Gasteiger partial charge in [-0.05, 0) is 48.7 Å². The van der Waals surface area contributed by atoms with Gasteiger partial charge in [0.15, 0.2) is 0 Å². The van der Waals surface area contributed by atoms with Gasteiger partial charge < -0.3 is 14.6 Å². The van der Waals surface area contributed by atoms with Crippen molar-refractivity contribution in [2.24, 2.45) is 7.05 Å². The SMILES string of the molecule is Cl.Cn1c2c(c3cc(S(=O)(=O)c4ccccc4)cc(OCc4ccccn4)c31)C1CCC(C2)N1. The maximum absolute atomic E-state index is 13.5. The Kier molecular flexibility index (Phi) is 5.88. The van der Waals surface area contributed by atoms with E-state index in [1.165, 1.54) is 11.3 Å². The number of pyridine rings is 1. The Morgan fingerprint density at radius 1 is 1.06 bits per heavy atom. The van der Waals surface area contributed by atoms with E-state index < -0.39 is 9.84 Å². The molecule has 4 heterocycles. The summed E-state index contributed by atoms with van der Waals surface area (Å²) in [5, 5.41) is 4.66. The van der Waals surface area contributed by atoms with Gasteiger partial charge in [0.2, 0.25) is 9.84 Å². The van der Waals surface area contributed by atoms with E-state index in [0.29, 0.717) is 11.8 Å². The molecule has 1 fully saturated rings. The molecular weight excluding hydrogens is 470 g/mol. The van der Waals surface area contributed by atoms with Crippen molar-refractivity contribution in [2.45, 2.75) is 47.7 Å². The number of benzene rings is 2. The molecule has 4 aromatic rings. The fourth-order valence-corrected chi connectivity index (χ4v) is 6.64. The number of ether oxygens (including phenoxy) is 1. The summed E-state index contributed by atoms with van der Waals surface area (Å²) in [4.78, 5) is 4.89. The molecule has 176 valence electrons. The summed E-state index contributed by atoms with van der Waals surface area (Å²) in [6, 6.07) is 18.5. The van der Waals surface area contributed by atoms with Crippen molar-refractivity contribution in [1.82, 2.24) is 14.9 Å². The van der Waals surface area contributed by atoms with Gasteiger partial charge >= 0.3 is 0 Å². The molecule has 0 radical (unpaired) electrons. The first kappa shape index (κ1) is 22.9. The molecule has 2 bridgehead atoms. The van der Waals surface area contributed by atoms with Crippen molar-refractivity contribution < 1.29 is 13.2 Å². The summed E-state index contributed by atoms with van der Waals surface area (Å²) < 4.78 is 35.5. The fraction of sp³-hybridized carbons (Fsp3) is 0.269. The zero-order valence-electron chi connectivity index (χ0n) is 18.8. The van der Waals surface area contributed by atoms with E-state index in [0.717, 1.165) is 35.9 Å². The standard InChI is InChI=1S/C26H25N3O3S.ClH/c1-29-23-13-17-10-11-22(28-17)25(23)21-14-20(33(30,31)19-8-3-2-4-9-19)15-24(26(21)29)32-16-18-7-5-6-12-27-18;/h2-9,12,14-15,17,22,28H,10-11,13,16H2,1H3;1H. The van der Waals surface area contributed by atoms with Crippen LogP contribution in [0.4, 0.5) is 0 Å². The van der Waals surface area contributed by atoms with Crippen molar-refractivity contribution in [2.75, 3.05) is 0 Å². The van der Waals surface area contributed by atoms with Crippen LogP contribution in [0.5, 0.6) is 5.75 Å². The number of hydrogen-bond donors (Lipinski definition) is 1. The molecule has 0 aliphatic carbocycles. The van der Waals surface area contributed by atoms with E-state index in [-0.39, 0.29) is 34.8 Å². The zero-order chi connectivity index (χ0) is 22.6. The van der Waals surface area contributed by atoms with Crippen LogP contribution in [0.15, 0.2) is 76.7 Å². The Hall–Kier alpha value is -2.87. The number of nitrogens with one attached hydrogen (secondary N) is 1. The average Bonchev–Trinajstić information content (AvgIpc) is 3.36. The molecular formula is C26H26ClN3O3S. The quantitative estimate of drug-likeness (QED) is 0.432. The van der Waals surface area contributed by atoms with Crippen molar-refractivity contribution in [3.05, 3.63) is 83.8 Å². The van der Waals surface area contributed by atoms with Gasteiger partial charge in [-0.1, -0.05) is 24.3 Å². The van der Waals surface area contributed by atoms with Crippen LogP contribution in [0.1, 0.15) is 35.8 Å². The Morgan fingerprint density at radius 2 is 1.85 bits per heavy atom. The highest BCUT2D eigenvalue weighted by atomic mass is 35.5. The number of rotatable bonds is 5. The van der Waals surface area contributed by atoms with E-state index in [4.69, 9.17) is 4.74 Å². The monoisotopic (exact) mass is 495 g/mol. The van der Waals surface area contributed by atoms with Gasteiger partial charge in [0.1, 0.15) is 12.4 Å². The van der Waals surface area contributed by atoms with Gasteiger partial charge in [-0.25, -0.2) is 8.42 Å². The van der Waals surface area contributed by atoms with Gasteiger partial charge in [-0.3, -0.25) is 4.98 Å². The van der Waals surface area contributed by atoms with Gasteiger partial charge in [0.25, 0.3) is 0 Å². The minimum Gasteiger partial charge on any atom is -0.485 e. The summed E-state index contributed by atoms with van der Waals surface area (Å²) in [5.41, 5.74) is 4.22. The summed E-state index contributed by atoms with van der Waals surface area (Å²) in [5.74, 6) is 0.570. The van der Waals surface area contributed by atoms with Crippen LogP contribution >= 0.6 is 12.4 Å². The Labute approximate surface area is 205 Å². The van der Waals surface area contributed by atoms with Crippen LogP contribution in [0.3, 0.4) is 0 Å². The highest BCUT2D eigenvalue weighted by molar-refractivity contribution is 7.91. The summed E-state index contributed by atoms with van der Waals surface area (Å²) in [6.45, 7) is 0.269. The average molecular weight is 496 g/mol. The number of aryl methyl sites for hydroxylation is 1. The largest absolute Gasteiger partial charge is 0.485 e. The molecule has 1 N–H and O–H groups in total. The van der Waals surface area contributed by atoms with Crippen LogP contribution in [0.25, 0.3) is 10.9 Å². The molecule has 2 atom stereocenters. The molecule has 0 spiro atoms. The Balaban J connectivity index is 0.00000241. The van der Waals surface area contributed by atoms with Crippen molar-refractivity contribution in [3.63, 3.8) is 0 Å². The van der Waals surface area contributed by atoms with Gasteiger partial charge in [0, 0.05) is 48.9 Å². The van der Waals surface area contributed by atoms with Crippen molar-refractivity contribution in [3.8, 4) is 5.75 Å². The smallest absolute Gasteiger partial charge is 0.206 e. The van der Waals surface area contributed by atoms with Crippen LogP contribution < -0.4 is 10.1 Å². The summed E-state index contributed by atoms with van der Waals surface area (Å²) in [7, 11) is -1.63. The fourth-order valence-electron chi connectivity index (χ4n) is 5.32. The minimum atomic E-state index is -3.69. The van der Waals surface area contributed by atoms with Crippen molar-refractivity contribution >= 4 is 33.1 Å². The predicted octanol–water partition coefficient (Wildman–Crippen LogP) is 4.76. The van der Waals surface area contributed by atoms with E-state index >= 15 is 0 Å². The lowest BCUT2D eigenvalue weighted by Crippen LogP contribution is -2.32. The number of fused-ring (bicyclic) bond motifs is 6. The van der Waals surface area contributed by atoms with Gasteiger partial charge in [-0.15, -0.1) is 12.4 Å². The molecule has 1 saturated heterocycles. The third-order valence-electron chi connectivity index (χ3n) is 6.88. The van der Waals surface area contributed by atoms with Crippen LogP contribution in [0, 0.1) is 0 Å². The molecule has 2 aromatic heterocycles. The number of halogens is 1. The molecule has 0 saturated carbocycles. The molecule has 2 aliphatic heterocycles. The molecule has 6 nitrogen and oxygen atoms in total. The first-order valence-corrected chi connectivity index (χ1v) is 12.7. The molecule has 2 aliphatic rings. The highest BCUT2D eigenvalue weighted by Crippen LogP contribution is 2.45. The number of nitrogens with zero attached hydrogens (tertiary/aromatic N) is 2. The second kappa shape index (κ2) is 8.73. The van der Waals surface area contributed by atoms with Crippen LogP contribution in [-0.4, -0.2) is 24.0 Å². The predicted molar refractivity (Wildman–Crippen MR) is 133 cm³/mol. The maximum atomic E-state index is 13.5. The first-order valence-electron chi connectivity index (χ1n) is 11.3. The van der Waals surface area contributed by atoms with Crippen molar-refractivity contribution in [1.29, 1.82) is 0 Å². The highest BCUT2D eigenvalue weighted by Gasteiger charge is 2.37. The summed E-state index contributed by atoms with van der Waals surface area (Å²) in [6.07, 6.45) is 4.88. The normalized spacial score (nSPS) is 19.0. The van der Waals surface area contributed by atoms with E-state index in [1.54, 1.807) is 36.5 Å². The molecule has 2 aromatic carbocycles. The molecule has 8 heteroatoms. The number of sulfone groups is 1. The Morgan fingerprint density at radius 3 is 2.62 bits per heavy atom. The van der Waals surface area contributed by atoms with E-state index in [9.17, 15) is 8.42 Å². The topological polar surface area (TPSA) is 73.2 Å². The first-order chi connectivity index (χ1) is 16.0. The van der Waals surface area contributed by atoms with Gasteiger partial charge in [-0.2, -0.15) is 0 Å². The second-order valence-corrected chi connectivity index (χ2v) is 10.8. The summed E-state index contributed by atoms with van der Waals surface area (Å²) >= 11 is 0. The molecule has 6 rings (SSSR count). The Bertz CT molecular complexity index is 1450. The van der Waals surface area contributed by atoms with Gasteiger partial charge in [0.05, 0.1) is 21.0 Å². The third-order valence-corrected chi connectivity index (χ3v) is 8.63. The second-order valence-electron chi connectivity index (χ2n) is 8.86. The van der Waals surface area contributed by atoms with E-state index in [2.05, 4.69) is 21.9 Å². The number of aromatic nitrogens is 2. The molecule has 0 amide bonds. The zero-order valence-corrected chi connectivity index (χ0v) is 20.4. The lowest BCUT2D eigenvalue weighted by molar-refractivity contribution is 0.303. The lowest BCUT2D eigenvalue weighted by Gasteiger charge is -2.23. The number of hydrogen-bond acceptors (Lipinski definition) is 5. The minimum absolute atomic E-state index is 0. The molecule has 2 unspecified atom stereocenters.